The van der Waals surface area contributed by atoms with Crippen molar-refractivity contribution < 1.29 is 9.50 Å². The third-order valence-corrected chi connectivity index (χ3v) is 4.93. The molecule has 0 amide bonds. The van der Waals surface area contributed by atoms with Crippen molar-refractivity contribution in [2.24, 2.45) is 0 Å². The van der Waals surface area contributed by atoms with Crippen LogP contribution in [0.2, 0.25) is 5.02 Å². The van der Waals surface area contributed by atoms with Gasteiger partial charge in [-0.3, -0.25) is 4.90 Å². The molecular weight excluding hydrogens is 277 g/mol. The van der Waals surface area contributed by atoms with Crippen LogP contribution in [0.15, 0.2) is 18.2 Å². The van der Waals surface area contributed by atoms with Crippen molar-refractivity contribution in [3.8, 4) is 0 Å². The average Bonchev–Trinajstić information content (AvgIpc) is 2.95. The molecule has 2 rings (SSSR count). The van der Waals surface area contributed by atoms with Crippen LogP contribution in [-0.4, -0.2) is 34.7 Å². The molecule has 1 N–H and O–H groups in total. The van der Waals surface area contributed by atoms with Gasteiger partial charge < -0.3 is 5.11 Å². The summed E-state index contributed by atoms with van der Waals surface area (Å²) >= 11 is 5.76. The fourth-order valence-corrected chi connectivity index (χ4v) is 3.17. The van der Waals surface area contributed by atoms with E-state index in [-0.39, 0.29) is 11.4 Å². The number of likely N-dealkylation sites (tertiary alicyclic amines) is 1. The van der Waals surface area contributed by atoms with Crippen LogP contribution in [0.4, 0.5) is 4.39 Å². The maximum absolute atomic E-state index is 13.9. The second kappa shape index (κ2) is 6.42. The van der Waals surface area contributed by atoms with Crippen molar-refractivity contribution in [1.29, 1.82) is 0 Å². The van der Waals surface area contributed by atoms with Crippen LogP contribution in [-0.2, 0) is 6.42 Å². The van der Waals surface area contributed by atoms with Crippen molar-refractivity contribution in [3.63, 3.8) is 0 Å². The molecule has 20 heavy (non-hydrogen) atoms. The van der Waals surface area contributed by atoms with Crippen LogP contribution < -0.4 is 0 Å². The minimum atomic E-state index is -0.582. The number of hydrogen-bond donors (Lipinski definition) is 1. The Kier molecular flexibility index (Phi) is 5.05. The van der Waals surface area contributed by atoms with Gasteiger partial charge in [0, 0.05) is 17.0 Å². The summed E-state index contributed by atoms with van der Waals surface area (Å²) in [5.74, 6) is -0.337. The minimum Gasteiger partial charge on any atom is -0.391 e. The van der Waals surface area contributed by atoms with Gasteiger partial charge in [0.25, 0.3) is 0 Å². The molecule has 0 aliphatic carbocycles. The summed E-state index contributed by atoms with van der Waals surface area (Å²) in [6, 6.07) is 4.65. The zero-order chi connectivity index (χ0) is 14.8. The first kappa shape index (κ1) is 15.7. The Morgan fingerprint density at radius 1 is 1.40 bits per heavy atom. The maximum atomic E-state index is 13.9. The lowest BCUT2D eigenvalue weighted by atomic mass is 9.86. The van der Waals surface area contributed by atoms with E-state index in [1.807, 2.05) is 0 Å². The number of nitrogens with zero attached hydrogens (tertiary/aromatic N) is 1. The van der Waals surface area contributed by atoms with Gasteiger partial charge in [-0.25, -0.2) is 4.39 Å². The highest BCUT2D eigenvalue weighted by molar-refractivity contribution is 6.30. The zero-order valence-electron chi connectivity index (χ0n) is 12.2. The van der Waals surface area contributed by atoms with Crippen LogP contribution in [0.1, 0.15) is 38.7 Å². The van der Waals surface area contributed by atoms with Gasteiger partial charge in [0.2, 0.25) is 0 Å². The summed E-state index contributed by atoms with van der Waals surface area (Å²) in [5, 5.41) is 11.0. The smallest absolute Gasteiger partial charge is 0.127 e. The van der Waals surface area contributed by atoms with Gasteiger partial charge in [0.1, 0.15) is 5.82 Å². The Morgan fingerprint density at radius 3 is 2.60 bits per heavy atom. The van der Waals surface area contributed by atoms with E-state index in [1.54, 1.807) is 12.1 Å². The molecule has 1 aromatic carbocycles. The summed E-state index contributed by atoms with van der Waals surface area (Å²) in [5.41, 5.74) is 0.239. The van der Waals surface area contributed by atoms with Gasteiger partial charge in [0.05, 0.1) is 6.10 Å². The Labute approximate surface area is 125 Å². The number of aliphatic hydroxyl groups excluding tert-OH is 1. The van der Waals surface area contributed by atoms with E-state index < -0.39 is 6.10 Å². The van der Waals surface area contributed by atoms with E-state index in [1.165, 1.54) is 18.9 Å². The highest BCUT2D eigenvalue weighted by atomic mass is 35.5. The molecule has 1 saturated heterocycles. The summed E-state index contributed by atoms with van der Waals surface area (Å²) < 4.78 is 13.9. The maximum Gasteiger partial charge on any atom is 0.127 e. The van der Waals surface area contributed by atoms with Crippen molar-refractivity contribution in [1.82, 2.24) is 4.90 Å². The zero-order valence-corrected chi connectivity index (χ0v) is 13.0. The molecular formula is C16H23ClFNO. The summed E-state index contributed by atoms with van der Waals surface area (Å²) in [6.07, 6.45) is 2.95. The fourth-order valence-electron chi connectivity index (χ4n) is 3.01. The average molecular weight is 300 g/mol. The molecule has 4 heteroatoms. The molecule has 1 heterocycles. The SMILES string of the molecule is CCC(C)(C(O)Cc1ccc(Cl)cc1F)N1CCCC1. The van der Waals surface area contributed by atoms with Crippen molar-refractivity contribution in [3.05, 3.63) is 34.6 Å². The van der Waals surface area contributed by atoms with Crippen LogP contribution in [0.25, 0.3) is 0 Å². The van der Waals surface area contributed by atoms with Gasteiger partial charge in [-0.1, -0.05) is 24.6 Å². The summed E-state index contributed by atoms with van der Waals surface area (Å²) in [4.78, 5) is 2.34. The molecule has 1 aliphatic heterocycles. The first-order chi connectivity index (χ1) is 9.47. The minimum absolute atomic E-state index is 0.289. The molecule has 0 saturated carbocycles. The molecule has 1 aliphatic rings. The van der Waals surface area contributed by atoms with E-state index in [0.29, 0.717) is 17.0 Å². The van der Waals surface area contributed by atoms with Gasteiger partial charge in [0.15, 0.2) is 0 Å². The predicted octanol–water partition coefficient (Wildman–Crippen LogP) is 3.65. The molecule has 2 unspecified atom stereocenters. The lowest BCUT2D eigenvalue weighted by Gasteiger charge is -2.42. The van der Waals surface area contributed by atoms with E-state index >= 15 is 0 Å². The van der Waals surface area contributed by atoms with Gasteiger partial charge in [-0.15, -0.1) is 0 Å². The van der Waals surface area contributed by atoms with Crippen LogP contribution in [0.5, 0.6) is 0 Å². The van der Waals surface area contributed by atoms with Crippen molar-refractivity contribution in [2.75, 3.05) is 13.1 Å². The third-order valence-electron chi connectivity index (χ3n) is 4.69. The van der Waals surface area contributed by atoms with Crippen molar-refractivity contribution >= 4 is 11.6 Å². The molecule has 2 nitrogen and oxygen atoms in total. The first-order valence-electron chi connectivity index (χ1n) is 7.34. The van der Waals surface area contributed by atoms with Crippen LogP contribution in [0, 0.1) is 5.82 Å². The molecule has 0 radical (unpaired) electrons. The lowest BCUT2D eigenvalue weighted by Crippen LogP contribution is -2.53. The Hall–Kier alpha value is -0.640. The number of halogens is 2. The molecule has 2 atom stereocenters. The molecule has 0 spiro atoms. The van der Waals surface area contributed by atoms with E-state index in [0.717, 1.165) is 19.5 Å². The topological polar surface area (TPSA) is 23.5 Å². The lowest BCUT2D eigenvalue weighted by molar-refractivity contribution is -0.0121. The molecule has 0 bridgehead atoms. The number of aliphatic hydroxyl groups is 1. The molecule has 1 aromatic rings. The van der Waals surface area contributed by atoms with Crippen LogP contribution in [0.3, 0.4) is 0 Å². The normalized spacial score (nSPS) is 20.9. The van der Waals surface area contributed by atoms with Gasteiger partial charge in [-0.05, 0) is 57.0 Å². The molecule has 112 valence electrons. The fraction of sp³-hybridized carbons (Fsp3) is 0.625. The van der Waals surface area contributed by atoms with Crippen LogP contribution >= 0.6 is 11.6 Å². The van der Waals surface area contributed by atoms with E-state index in [9.17, 15) is 9.50 Å². The standard InChI is InChI=1S/C16H23ClFNO/c1-3-16(2,19-8-4-5-9-19)15(20)10-12-6-7-13(17)11-14(12)18/h6-7,11,15,20H,3-5,8-10H2,1-2H3. The monoisotopic (exact) mass is 299 g/mol. The second-order valence-corrected chi connectivity index (χ2v) is 6.30. The third kappa shape index (κ3) is 3.16. The second-order valence-electron chi connectivity index (χ2n) is 5.86. The highest BCUT2D eigenvalue weighted by Gasteiger charge is 2.38. The van der Waals surface area contributed by atoms with Gasteiger partial charge >= 0.3 is 0 Å². The van der Waals surface area contributed by atoms with Gasteiger partial charge in [-0.2, -0.15) is 0 Å². The predicted molar refractivity (Wildman–Crippen MR) is 80.6 cm³/mol. The number of hydrogen-bond acceptors (Lipinski definition) is 2. The van der Waals surface area contributed by atoms with E-state index in [4.69, 9.17) is 11.6 Å². The Morgan fingerprint density at radius 2 is 2.05 bits per heavy atom. The summed E-state index contributed by atoms with van der Waals surface area (Å²) in [6.45, 7) is 6.20. The largest absolute Gasteiger partial charge is 0.391 e. The molecule has 0 aromatic heterocycles. The highest BCUT2D eigenvalue weighted by Crippen LogP contribution is 2.30. The van der Waals surface area contributed by atoms with E-state index in [2.05, 4.69) is 18.7 Å². The number of benzene rings is 1. The Balaban J connectivity index is 2.14. The number of rotatable bonds is 5. The quantitative estimate of drug-likeness (QED) is 0.897. The molecule has 1 fully saturated rings. The first-order valence-corrected chi connectivity index (χ1v) is 7.72. The summed E-state index contributed by atoms with van der Waals surface area (Å²) in [7, 11) is 0. The van der Waals surface area contributed by atoms with Crippen molar-refractivity contribution in [2.45, 2.75) is 51.2 Å². The Bertz CT molecular complexity index is 462.